The fraction of sp³-hybridized carbons (Fsp3) is 0.412. The van der Waals surface area contributed by atoms with Crippen LogP contribution in [0.3, 0.4) is 0 Å². The zero-order chi connectivity index (χ0) is 14.4. The number of nitrogens with zero attached hydrogens (tertiary/aromatic N) is 2. The van der Waals surface area contributed by atoms with Gasteiger partial charge in [-0.3, -0.25) is 9.97 Å². The molecule has 1 aromatic carbocycles. The van der Waals surface area contributed by atoms with Gasteiger partial charge < -0.3 is 5.32 Å². The molecule has 0 bridgehead atoms. The van der Waals surface area contributed by atoms with Crippen molar-refractivity contribution < 1.29 is 0 Å². The lowest BCUT2D eigenvalue weighted by molar-refractivity contribution is 0.509. The smallest absolute Gasteiger partial charge is 0.0724 e. The summed E-state index contributed by atoms with van der Waals surface area (Å²) < 4.78 is 0. The number of nitrogens with one attached hydrogen (secondary N) is 1. The van der Waals surface area contributed by atoms with Crippen LogP contribution in [-0.4, -0.2) is 16.0 Å². The highest BCUT2D eigenvalue weighted by Gasteiger charge is 2.03. The highest BCUT2D eigenvalue weighted by atomic mass is 14.9. The lowest BCUT2D eigenvalue weighted by Gasteiger charge is -2.13. The third-order valence-corrected chi connectivity index (χ3v) is 3.41. The highest BCUT2D eigenvalue weighted by molar-refractivity contribution is 5.22. The van der Waals surface area contributed by atoms with E-state index in [-0.39, 0.29) is 0 Å². The van der Waals surface area contributed by atoms with Crippen molar-refractivity contribution in [2.45, 2.75) is 46.2 Å². The normalized spacial score (nSPS) is 12.3. The number of aryl methyl sites for hydroxylation is 3. The van der Waals surface area contributed by atoms with Crippen LogP contribution in [0.25, 0.3) is 0 Å². The van der Waals surface area contributed by atoms with Crippen LogP contribution in [0.2, 0.25) is 0 Å². The maximum atomic E-state index is 4.36. The topological polar surface area (TPSA) is 37.8 Å². The SMILES string of the molecule is Cc1cccc(CCC(C)NCc2cnc(C)cn2)c1. The van der Waals surface area contributed by atoms with Gasteiger partial charge in [-0.15, -0.1) is 0 Å². The monoisotopic (exact) mass is 269 g/mol. The molecule has 3 heteroatoms. The molecule has 0 aliphatic rings. The Bertz CT molecular complexity index is 534. The van der Waals surface area contributed by atoms with Gasteiger partial charge in [0.15, 0.2) is 0 Å². The molecule has 2 rings (SSSR count). The number of hydrogen-bond donors (Lipinski definition) is 1. The zero-order valence-corrected chi connectivity index (χ0v) is 12.6. The number of aromatic nitrogens is 2. The lowest BCUT2D eigenvalue weighted by atomic mass is 10.0. The molecule has 0 aliphatic carbocycles. The Balaban J connectivity index is 1.75. The lowest BCUT2D eigenvalue weighted by Crippen LogP contribution is -2.26. The average molecular weight is 269 g/mol. The fourth-order valence-electron chi connectivity index (χ4n) is 2.14. The summed E-state index contributed by atoms with van der Waals surface area (Å²) in [5.41, 5.74) is 4.70. The van der Waals surface area contributed by atoms with Crippen LogP contribution in [0, 0.1) is 13.8 Å². The largest absolute Gasteiger partial charge is 0.309 e. The van der Waals surface area contributed by atoms with Gasteiger partial charge in [0, 0.05) is 25.0 Å². The second kappa shape index (κ2) is 7.15. The third-order valence-electron chi connectivity index (χ3n) is 3.41. The van der Waals surface area contributed by atoms with E-state index < -0.39 is 0 Å². The molecule has 0 saturated heterocycles. The molecule has 1 unspecified atom stereocenters. The average Bonchev–Trinajstić information content (AvgIpc) is 2.45. The van der Waals surface area contributed by atoms with Crippen molar-refractivity contribution in [3.8, 4) is 0 Å². The first-order valence-corrected chi connectivity index (χ1v) is 7.20. The number of hydrogen-bond acceptors (Lipinski definition) is 3. The quantitative estimate of drug-likeness (QED) is 0.875. The first-order chi connectivity index (χ1) is 9.63. The van der Waals surface area contributed by atoms with Gasteiger partial charge in [-0.1, -0.05) is 29.8 Å². The second-order valence-corrected chi connectivity index (χ2v) is 5.46. The molecule has 0 amide bonds. The predicted octanol–water partition coefficient (Wildman–Crippen LogP) is 3.20. The van der Waals surface area contributed by atoms with E-state index in [1.165, 1.54) is 11.1 Å². The minimum Gasteiger partial charge on any atom is -0.309 e. The predicted molar refractivity (Wildman–Crippen MR) is 82.6 cm³/mol. The van der Waals surface area contributed by atoms with Crippen molar-refractivity contribution in [2.75, 3.05) is 0 Å². The molecule has 1 atom stereocenters. The van der Waals surface area contributed by atoms with Crippen molar-refractivity contribution in [3.05, 3.63) is 59.2 Å². The molecule has 0 aliphatic heterocycles. The summed E-state index contributed by atoms with van der Waals surface area (Å²) in [5, 5.41) is 3.50. The van der Waals surface area contributed by atoms with E-state index in [1.54, 1.807) is 0 Å². The van der Waals surface area contributed by atoms with Gasteiger partial charge >= 0.3 is 0 Å². The first kappa shape index (κ1) is 14.7. The summed E-state index contributed by atoms with van der Waals surface area (Å²) in [6.07, 6.45) is 5.89. The summed E-state index contributed by atoms with van der Waals surface area (Å²) in [6, 6.07) is 9.20. The number of rotatable bonds is 6. The molecular weight excluding hydrogens is 246 g/mol. The Morgan fingerprint density at radius 1 is 1.15 bits per heavy atom. The maximum Gasteiger partial charge on any atom is 0.0724 e. The molecule has 1 heterocycles. The molecule has 1 N–H and O–H groups in total. The maximum absolute atomic E-state index is 4.36. The van der Waals surface area contributed by atoms with Crippen LogP contribution in [0.4, 0.5) is 0 Å². The number of benzene rings is 1. The minimum atomic E-state index is 0.471. The van der Waals surface area contributed by atoms with Crippen molar-refractivity contribution >= 4 is 0 Å². The van der Waals surface area contributed by atoms with Gasteiger partial charge in [-0.25, -0.2) is 0 Å². The van der Waals surface area contributed by atoms with E-state index in [2.05, 4.69) is 53.4 Å². The molecule has 106 valence electrons. The molecule has 0 saturated carbocycles. The molecule has 2 aromatic rings. The third kappa shape index (κ3) is 4.74. The Morgan fingerprint density at radius 2 is 2.00 bits per heavy atom. The van der Waals surface area contributed by atoms with Gasteiger partial charge in [-0.05, 0) is 39.2 Å². The van der Waals surface area contributed by atoms with Crippen LogP contribution in [0.15, 0.2) is 36.7 Å². The molecule has 0 spiro atoms. The molecular formula is C17H23N3. The second-order valence-electron chi connectivity index (χ2n) is 5.46. The Morgan fingerprint density at radius 3 is 2.70 bits per heavy atom. The summed E-state index contributed by atoms with van der Waals surface area (Å²) >= 11 is 0. The van der Waals surface area contributed by atoms with E-state index in [4.69, 9.17) is 0 Å². The van der Waals surface area contributed by atoms with Gasteiger partial charge in [0.05, 0.1) is 11.4 Å². The summed E-state index contributed by atoms with van der Waals surface area (Å²) in [7, 11) is 0. The van der Waals surface area contributed by atoms with Crippen LogP contribution in [0.1, 0.15) is 35.9 Å². The van der Waals surface area contributed by atoms with Crippen LogP contribution < -0.4 is 5.32 Å². The highest BCUT2D eigenvalue weighted by Crippen LogP contribution is 2.08. The first-order valence-electron chi connectivity index (χ1n) is 7.20. The summed E-state index contributed by atoms with van der Waals surface area (Å²) in [6.45, 7) is 7.09. The van der Waals surface area contributed by atoms with E-state index in [0.29, 0.717) is 6.04 Å². The summed E-state index contributed by atoms with van der Waals surface area (Å²) in [5.74, 6) is 0. The standard InChI is InChI=1S/C17H23N3/c1-13-5-4-6-16(9-13)8-7-14(2)18-11-17-12-19-15(3)10-20-17/h4-6,9-10,12,14,18H,7-8,11H2,1-3H3. The molecule has 1 aromatic heterocycles. The van der Waals surface area contributed by atoms with Crippen molar-refractivity contribution in [1.29, 1.82) is 0 Å². The van der Waals surface area contributed by atoms with Crippen LogP contribution in [-0.2, 0) is 13.0 Å². The Labute approximate surface area is 121 Å². The van der Waals surface area contributed by atoms with Crippen molar-refractivity contribution in [2.24, 2.45) is 0 Å². The van der Waals surface area contributed by atoms with Gasteiger partial charge in [0.25, 0.3) is 0 Å². The Hall–Kier alpha value is -1.74. The fourth-order valence-corrected chi connectivity index (χ4v) is 2.14. The van der Waals surface area contributed by atoms with Crippen molar-refractivity contribution in [1.82, 2.24) is 15.3 Å². The van der Waals surface area contributed by atoms with E-state index in [0.717, 1.165) is 30.8 Å². The zero-order valence-electron chi connectivity index (χ0n) is 12.6. The van der Waals surface area contributed by atoms with Crippen LogP contribution >= 0.6 is 0 Å². The molecule has 3 nitrogen and oxygen atoms in total. The molecule has 0 radical (unpaired) electrons. The molecule has 20 heavy (non-hydrogen) atoms. The Kier molecular flexibility index (Phi) is 5.24. The molecule has 0 fully saturated rings. The van der Waals surface area contributed by atoms with Gasteiger partial charge in [-0.2, -0.15) is 0 Å². The van der Waals surface area contributed by atoms with Crippen LogP contribution in [0.5, 0.6) is 0 Å². The van der Waals surface area contributed by atoms with Gasteiger partial charge in [0.1, 0.15) is 0 Å². The van der Waals surface area contributed by atoms with Crippen molar-refractivity contribution in [3.63, 3.8) is 0 Å². The van der Waals surface area contributed by atoms with E-state index in [9.17, 15) is 0 Å². The van der Waals surface area contributed by atoms with E-state index >= 15 is 0 Å². The van der Waals surface area contributed by atoms with Gasteiger partial charge in [0.2, 0.25) is 0 Å². The van der Waals surface area contributed by atoms with E-state index in [1.807, 2.05) is 19.3 Å². The minimum absolute atomic E-state index is 0.471. The summed E-state index contributed by atoms with van der Waals surface area (Å²) in [4.78, 5) is 8.61.